The number of esters is 1. The zero-order valence-corrected chi connectivity index (χ0v) is 21.8. The number of carboxylic acid groups (broad SMARTS) is 1. The lowest BCUT2D eigenvalue weighted by molar-refractivity contribution is -0.192. The number of piperidine rings is 1. The molecule has 12 heteroatoms. The summed E-state index contributed by atoms with van der Waals surface area (Å²) in [5, 5.41) is 14.7. The second-order valence-corrected chi connectivity index (χ2v) is 10.4. The highest BCUT2D eigenvalue weighted by atomic mass is 19.4. The molecular formula is C25H38F3N5O4. The Hall–Kier alpha value is -2.86. The molecule has 2 fully saturated rings. The molecule has 3 rings (SSSR count). The number of ether oxygens (including phenoxy) is 1. The van der Waals surface area contributed by atoms with Crippen molar-refractivity contribution in [3.63, 3.8) is 0 Å². The van der Waals surface area contributed by atoms with Crippen LogP contribution in [0.2, 0.25) is 0 Å². The number of nitrogens with one attached hydrogen (secondary N) is 1. The van der Waals surface area contributed by atoms with Gasteiger partial charge in [0.2, 0.25) is 0 Å². The molecule has 0 bridgehead atoms. The van der Waals surface area contributed by atoms with Gasteiger partial charge in [0.25, 0.3) is 0 Å². The largest absolute Gasteiger partial charge is 0.490 e. The molecule has 37 heavy (non-hydrogen) atoms. The first-order valence-electron chi connectivity index (χ1n) is 12.3. The van der Waals surface area contributed by atoms with Crippen molar-refractivity contribution < 1.29 is 32.6 Å². The number of hydrogen-bond donors (Lipinski definition) is 3. The van der Waals surface area contributed by atoms with E-state index in [4.69, 9.17) is 25.8 Å². The molecule has 0 spiro atoms. The molecule has 1 aromatic rings. The number of rotatable bonds is 5. The van der Waals surface area contributed by atoms with Gasteiger partial charge in [-0.3, -0.25) is 20.0 Å². The van der Waals surface area contributed by atoms with E-state index < -0.39 is 17.7 Å². The van der Waals surface area contributed by atoms with Crippen LogP contribution in [0.1, 0.15) is 46.1 Å². The fraction of sp³-hybridized carbons (Fsp3) is 0.640. The third-order valence-corrected chi connectivity index (χ3v) is 6.26. The molecule has 2 saturated heterocycles. The van der Waals surface area contributed by atoms with E-state index in [0.717, 1.165) is 51.1 Å². The number of anilines is 1. The maximum absolute atomic E-state index is 12.1. The number of alkyl halides is 3. The number of carbonyl (C=O) groups is 2. The molecule has 0 amide bonds. The molecule has 0 saturated carbocycles. The standard InChI is InChI=1S/C23H37N5O2.C2HF3O2/c1-17-15-27(19-7-5-18(6-8-19)22(24)25)13-14-28(17)20-9-11-26(12-10-20)16-21(29)30-23(2,3)4;3-2(4,5)1(6)7/h5-8,17,20H,9-16H2,1-4H3,(H3,24,25);(H,6,7). The van der Waals surface area contributed by atoms with E-state index in [1.54, 1.807) is 0 Å². The van der Waals surface area contributed by atoms with Gasteiger partial charge in [-0.1, -0.05) is 0 Å². The van der Waals surface area contributed by atoms with Crippen molar-refractivity contribution in [2.24, 2.45) is 5.73 Å². The highest BCUT2D eigenvalue weighted by Crippen LogP contribution is 2.25. The van der Waals surface area contributed by atoms with Crippen molar-refractivity contribution in [1.82, 2.24) is 9.80 Å². The van der Waals surface area contributed by atoms with Gasteiger partial charge >= 0.3 is 18.1 Å². The van der Waals surface area contributed by atoms with E-state index in [2.05, 4.69) is 33.8 Å². The lowest BCUT2D eigenvalue weighted by Gasteiger charge is -2.47. The summed E-state index contributed by atoms with van der Waals surface area (Å²) < 4.78 is 37.2. The van der Waals surface area contributed by atoms with E-state index in [1.807, 2.05) is 32.9 Å². The molecule has 9 nitrogen and oxygen atoms in total. The number of benzene rings is 1. The Bertz CT molecular complexity index is 926. The molecule has 0 radical (unpaired) electrons. The van der Waals surface area contributed by atoms with Crippen molar-refractivity contribution >= 4 is 23.5 Å². The van der Waals surface area contributed by atoms with Crippen LogP contribution < -0.4 is 10.6 Å². The number of piperazine rings is 1. The third-order valence-electron chi connectivity index (χ3n) is 6.26. The Balaban J connectivity index is 0.000000604. The topological polar surface area (TPSA) is 123 Å². The zero-order valence-electron chi connectivity index (χ0n) is 21.8. The molecule has 1 aromatic carbocycles. The minimum absolute atomic E-state index is 0.109. The first-order chi connectivity index (χ1) is 17.1. The van der Waals surface area contributed by atoms with Crippen molar-refractivity contribution in [1.29, 1.82) is 5.41 Å². The van der Waals surface area contributed by atoms with Gasteiger partial charge in [0.05, 0.1) is 6.54 Å². The number of nitrogen functional groups attached to an aromatic ring is 1. The highest BCUT2D eigenvalue weighted by molar-refractivity contribution is 5.95. The minimum Gasteiger partial charge on any atom is -0.475 e. The van der Waals surface area contributed by atoms with Gasteiger partial charge < -0.3 is 20.5 Å². The van der Waals surface area contributed by atoms with Crippen LogP contribution in [0.25, 0.3) is 0 Å². The molecule has 0 aliphatic carbocycles. The highest BCUT2D eigenvalue weighted by Gasteiger charge is 2.38. The van der Waals surface area contributed by atoms with E-state index in [0.29, 0.717) is 18.6 Å². The smallest absolute Gasteiger partial charge is 0.475 e. The summed E-state index contributed by atoms with van der Waals surface area (Å²) in [6.07, 6.45) is -2.89. The van der Waals surface area contributed by atoms with E-state index in [9.17, 15) is 18.0 Å². The third kappa shape index (κ3) is 9.84. The summed E-state index contributed by atoms with van der Waals surface area (Å²) in [5.74, 6) is -2.77. The minimum atomic E-state index is -5.08. The Kier molecular flexibility index (Phi) is 10.3. The van der Waals surface area contributed by atoms with Gasteiger partial charge in [-0.15, -0.1) is 0 Å². The molecule has 208 valence electrons. The maximum Gasteiger partial charge on any atom is 0.490 e. The van der Waals surface area contributed by atoms with Crippen molar-refractivity contribution in [3.8, 4) is 0 Å². The lowest BCUT2D eigenvalue weighted by atomic mass is 9.99. The number of amidine groups is 1. The number of likely N-dealkylation sites (tertiary alicyclic amines) is 1. The normalized spacial score (nSPS) is 20.1. The summed E-state index contributed by atoms with van der Waals surface area (Å²) in [6.45, 7) is 13.4. The molecule has 0 aromatic heterocycles. The number of hydrogen-bond acceptors (Lipinski definition) is 7. The Morgan fingerprint density at radius 3 is 2.05 bits per heavy atom. The molecular weight excluding hydrogens is 491 g/mol. The van der Waals surface area contributed by atoms with Crippen LogP contribution in [0.5, 0.6) is 0 Å². The first kappa shape index (κ1) is 30.4. The second-order valence-electron chi connectivity index (χ2n) is 10.4. The van der Waals surface area contributed by atoms with Gasteiger partial charge in [0.1, 0.15) is 11.4 Å². The van der Waals surface area contributed by atoms with Crippen molar-refractivity contribution in [2.75, 3.05) is 44.2 Å². The van der Waals surface area contributed by atoms with Gasteiger partial charge in [-0.2, -0.15) is 13.2 Å². The zero-order chi connectivity index (χ0) is 28.0. The average Bonchev–Trinajstić information content (AvgIpc) is 2.78. The molecule has 2 heterocycles. The Morgan fingerprint density at radius 2 is 1.62 bits per heavy atom. The SMILES string of the molecule is CC1CN(c2ccc(C(=N)N)cc2)CCN1C1CCN(CC(=O)OC(C)(C)C)CC1.O=C(O)C(F)(F)F. The van der Waals surface area contributed by atoms with Gasteiger partial charge in [0, 0.05) is 56.1 Å². The van der Waals surface area contributed by atoms with E-state index in [1.165, 1.54) is 5.69 Å². The molecule has 1 unspecified atom stereocenters. The fourth-order valence-electron chi connectivity index (χ4n) is 4.57. The van der Waals surface area contributed by atoms with Crippen LogP contribution in [-0.4, -0.2) is 95.8 Å². The van der Waals surface area contributed by atoms with Crippen molar-refractivity contribution in [2.45, 2.75) is 64.4 Å². The summed E-state index contributed by atoms with van der Waals surface area (Å²) in [6, 6.07) is 9.04. The number of halogens is 3. The number of carbonyl (C=O) groups excluding carboxylic acids is 1. The molecule has 1 atom stereocenters. The molecule has 4 N–H and O–H groups in total. The van der Waals surface area contributed by atoms with Crippen molar-refractivity contribution in [3.05, 3.63) is 29.8 Å². The van der Waals surface area contributed by atoms with Crippen LogP contribution in [0.3, 0.4) is 0 Å². The van der Waals surface area contributed by atoms with Gasteiger partial charge in [0.15, 0.2) is 0 Å². The number of carboxylic acids is 1. The van der Waals surface area contributed by atoms with Crippen LogP contribution >= 0.6 is 0 Å². The summed E-state index contributed by atoms with van der Waals surface area (Å²) in [5.41, 5.74) is 7.10. The van der Waals surface area contributed by atoms with E-state index >= 15 is 0 Å². The lowest BCUT2D eigenvalue weighted by Crippen LogP contribution is -2.57. The fourth-order valence-corrected chi connectivity index (χ4v) is 4.57. The molecule has 2 aliphatic heterocycles. The number of nitrogens with zero attached hydrogens (tertiary/aromatic N) is 3. The van der Waals surface area contributed by atoms with Gasteiger partial charge in [-0.25, -0.2) is 4.79 Å². The molecule has 2 aliphatic rings. The van der Waals surface area contributed by atoms with Crippen LogP contribution in [-0.2, 0) is 14.3 Å². The first-order valence-corrected chi connectivity index (χ1v) is 12.3. The van der Waals surface area contributed by atoms with Crippen LogP contribution in [0, 0.1) is 5.41 Å². The average molecular weight is 530 g/mol. The van der Waals surface area contributed by atoms with Crippen LogP contribution in [0.15, 0.2) is 24.3 Å². The Morgan fingerprint density at radius 1 is 1.08 bits per heavy atom. The quantitative estimate of drug-likeness (QED) is 0.302. The maximum atomic E-state index is 12.1. The van der Waals surface area contributed by atoms with E-state index in [-0.39, 0.29) is 11.8 Å². The monoisotopic (exact) mass is 529 g/mol. The Labute approximate surface area is 215 Å². The number of aliphatic carboxylic acids is 1. The second kappa shape index (κ2) is 12.6. The summed E-state index contributed by atoms with van der Waals surface area (Å²) in [4.78, 5) is 28.3. The van der Waals surface area contributed by atoms with Crippen LogP contribution in [0.4, 0.5) is 18.9 Å². The predicted octanol–water partition coefficient (Wildman–Crippen LogP) is 2.92. The number of nitrogens with two attached hydrogens (primary N) is 1. The summed E-state index contributed by atoms with van der Waals surface area (Å²) in [7, 11) is 0. The predicted molar refractivity (Wildman–Crippen MR) is 135 cm³/mol. The summed E-state index contributed by atoms with van der Waals surface area (Å²) >= 11 is 0. The van der Waals surface area contributed by atoms with Gasteiger partial charge in [-0.05, 0) is 64.8 Å².